The van der Waals surface area contributed by atoms with Crippen molar-refractivity contribution in [3.8, 4) is 0 Å². The molecule has 1 heterocycles. The lowest BCUT2D eigenvalue weighted by Gasteiger charge is -2.01. The Morgan fingerprint density at radius 1 is 1.22 bits per heavy atom. The lowest BCUT2D eigenvalue weighted by atomic mass is 10.2. The molecule has 0 amide bonds. The number of nitrogens with zero attached hydrogens (tertiary/aromatic N) is 2. The zero-order valence-electron chi connectivity index (χ0n) is 9.21. The Morgan fingerprint density at radius 3 is 2.39 bits per heavy atom. The number of halogens is 1. The van der Waals surface area contributed by atoms with Gasteiger partial charge in [-0.3, -0.25) is 4.79 Å². The number of carbonyl (C=O) groups is 1. The van der Waals surface area contributed by atoms with Crippen molar-refractivity contribution in [2.75, 3.05) is 0 Å². The summed E-state index contributed by atoms with van der Waals surface area (Å²) in [6.07, 6.45) is 3.56. The minimum atomic E-state index is -0.823. The number of aliphatic carboxylic acids is 1. The fourth-order valence-electron chi connectivity index (χ4n) is 1.31. The molecule has 0 radical (unpaired) electrons. The van der Waals surface area contributed by atoms with Gasteiger partial charge in [0.25, 0.3) is 0 Å². The zero-order chi connectivity index (χ0) is 13.0. The van der Waals surface area contributed by atoms with E-state index in [0.717, 1.165) is 14.0 Å². The molecule has 0 aliphatic carbocycles. The number of hydrogen-bond acceptors (Lipinski definition) is 4. The minimum absolute atomic E-state index is 0.0466. The van der Waals surface area contributed by atoms with E-state index in [-0.39, 0.29) is 6.42 Å². The highest BCUT2D eigenvalue weighted by molar-refractivity contribution is 14.1. The first-order chi connectivity index (χ1) is 8.63. The van der Waals surface area contributed by atoms with Gasteiger partial charge in [0, 0.05) is 20.9 Å². The van der Waals surface area contributed by atoms with Gasteiger partial charge in [0.05, 0.1) is 6.42 Å². The highest BCUT2D eigenvalue weighted by atomic mass is 127. The fraction of sp³-hybridized carbons (Fsp3) is 0.0833. The molecule has 2 aromatic rings. The van der Waals surface area contributed by atoms with Crippen LogP contribution < -0.4 is 0 Å². The average Bonchev–Trinajstić information content (AvgIpc) is 2.34. The molecule has 2 rings (SSSR count). The second kappa shape index (κ2) is 6.14. The van der Waals surface area contributed by atoms with Crippen molar-refractivity contribution in [1.29, 1.82) is 0 Å². The minimum Gasteiger partial charge on any atom is -0.481 e. The summed E-state index contributed by atoms with van der Waals surface area (Å²) in [5.41, 5.74) is 0.787. The molecule has 18 heavy (non-hydrogen) atoms. The molecule has 1 aromatic heterocycles. The third-order valence-corrected chi connectivity index (χ3v) is 3.54. The largest absolute Gasteiger partial charge is 0.481 e. The van der Waals surface area contributed by atoms with Crippen LogP contribution in [0.4, 0.5) is 0 Å². The molecule has 0 unspecified atom stereocenters. The van der Waals surface area contributed by atoms with E-state index in [1.165, 1.54) is 11.8 Å². The lowest BCUT2D eigenvalue weighted by Crippen LogP contribution is -1.99. The number of rotatable bonds is 4. The summed E-state index contributed by atoms with van der Waals surface area (Å²) in [7, 11) is 0. The molecule has 1 N–H and O–H groups in total. The maximum atomic E-state index is 10.6. The molecular weight excluding hydrogens is 363 g/mol. The predicted octanol–water partition coefficient (Wildman–Crippen LogP) is 2.86. The van der Waals surface area contributed by atoms with Gasteiger partial charge in [-0.2, -0.15) is 0 Å². The maximum absolute atomic E-state index is 10.6. The van der Waals surface area contributed by atoms with Crippen molar-refractivity contribution in [3.63, 3.8) is 0 Å². The average molecular weight is 372 g/mol. The normalized spacial score (nSPS) is 10.3. The second-order valence-corrected chi connectivity index (χ2v) is 5.79. The monoisotopic (exact) mass is 372 g/mol. The van der Waals surface area contributed by atoms with E-state index in [1.807, 2.05) is 24.3 Å². The summed E-state index contributed by atoms with van der Waals surface area (Å²) in [4.78, 5) is 19.9. The fourth-order valence-corrected chi connectivity index (χ4v) is 2.28. The smallest absolute Gasteiger partial charge is 0.307 e. The van der Waals surface area contributed by atoms with Crippen LogP contribution in [-0.4, -0.2) is 21.0 Å². The van der Waals surface area contributed by atoms with Crippen molar-refractivity contribution in [1.82, 2.24) is 9.97 Å². The molecule has 0 atom stereocenters. The second-order valence-electron chi connectivity index (χ2n) is 3.50. The van der Waals surface area contributed by atoms with Crippen LogP contribution in [0.1, 0.15) is 5.56 Å². The quantitative estimate of drug-likeness (QED) is 0.661. The zero-order valence-corrected chi connectivity index (χ0v) is 12.2. The van der Waals surface area contributed by atoms with Crippen LogP contribution in [0.3, 0.4) is 0 Å². The molecule has 0 aliphatic heterocycles. The van der Waals surface area contributed by atoms with Crippen molar-refractivity contribution in [3.05, 3.63) is 45.8 Å². The van der Waals surface area contributed by atoms with E-state index in [9.17, 15) is 4.79 Å². The van der Waals surface area contributed by atoms with E-state index < -0.39 is 5.97 Å². The molecule has 4 nitrogen and oxygen atoms in total. The highest BCUT2D eigenvalue weighted by Gasteiger charge is 2.03. The third kappa shape index (κ3) is 3.95. The molecule has 6 heteroatoms. The predicted molar refractivity (Wildman–Crippen MR) is 76.7 cm³/mol. The van der Waals surface area contributed by atoms with Gasteiger partial charge in [0.2, 0.25) is 0 Å². The first kappa shape index (κ1) is 13.3. The Morgan fingerprint density at radius 2 is 1.83 bits per heavy atom. The lowest BCUT2D eigenvalue weighted by molar-refractivity contribution is -0.136. The summed E-state index contributed by atoms with van der Waals surface area (Å²) in [6, 6.07) is 7.38. The van der Waals surface area contributed by atoms with Crippen molar-refractivity contribution in [2.24, 2.45) is 0 Å². The van der Waals surface area contributed by atoms with Crippen LogP contribution in [0.25, 0.3) is 0 Å². The van der Waals surface area contributed by atoms with Crippen LogP contribution in [0.2, 0.25) is 0 Å². The van der Waals surface area contributed by atoms with E-state index in [2.05, 4.69) is 32.6 Å². The summed E-state index contributed by atoms with van der Waals surface area (Å²) in [5.74, 6) is -0.823. The maximum Gasteiger partial charge on any atom is 0.307 e. The number of carboxylic acids is 1. The highest BCUT2D eigenvalue weighted by Crippen LogP contribution is 2.24. The molecule has 0 bridgehead atoms. The topological polar surface area (TPSA) is 63.1 Å². The van der Waals surface area contributed by atoms with Crippen molar-refractivity contribution < 1.29 is 9.90 Å². The Hall–Kier alpha value is -1.15. The van der Waals surface area contributed by atoms with Gasteiger partial charge in [-0.25, -0.2) is 9.97 Å². The molecule has 0 saturated carbocycles. The molecule has 0 fully saturated rings. The Balaban J connectivity index is 2.06. The molecular formula is C12H9IN2O2S. The molecule has 1 aromatic carbocycles. The SMILES string of the molecule is O=C(O)Cc1ccc(Sc2ncc(I)cn2)cc1. The molecule has 0 saturated heterocycles. The molecule has 92 valence electrons. The first-order valence-electron chi connectivity index (χ1n) is 5.09. The van der Waals surface area contributed by atoms with E-state index in [1.54, 1.807) is 12.4 Å². The standard InChI is InChI=1S/C12H9IN2O2S/c13-9-6-14-12(15-7-9)18-10-3-1-8(2-4-10)5-11(16)17/h1-4,6-7H,5H2,(H,16,17). The van der Waals surface area contributed by atoms with Crippen LogP contribution in [-0.2, 0) is 11.2 Å². The van der Waals surface area contributed by atoms with Gasteiger partial charge >= 0.3 is 5.97 Å². The summed E-state index contributed by atoms with van der Waals surface area (Å²) >= 11 is 3.60. The Labute approximate surface area is 122 Å². The third-order valence-electron chi connectivity index (χ3n) is 2.08. The van der Waals surface area contributed by atoms with E-state index in [4.69, 9.17) is 5.11 Å². The van der Waals surface area contributed by atoms with E-state index >= 15 is 0 Å². The van der Waals surface area contributed by atoms with Crippen LogP contribution in [0, 0.1) is 3.57 Å². The van der Waals surface area contributed by atoms with Crippen LogP contribution >= 0.6 is 34.4 Å². The van der Waals surface area contributed by atoms with Crippen molar-refractivity contribution in [2.45, 2.75) is 16.5 Å². The Kier molecular flexibility index (Phi) is 4.54. The van der Waals surface area contributed by atoms with Crippen molar-refractivity contribution >= 4 is 40.3 Å². The number of carboxylic acid groups (broad SMARTS) is 1. The van der Waals surface area contributed by atoms with Crippen LogP contribution in [0.15, 0.2) is 46.7 Å². The molecule has 0 aliphatic rings. The van der Waals surface area contributed by atoms with Gasteiger partial charge in [-0.1, -0.05) is 12.1 Å². The van der Waals surface area contributed by atoms with Gasteiger partial charge in [-0.05, 0) is 52.0 Å². The van der Waals surface area contributed by atoms with Gasteiger partial charge < -0.3 is 5.11 Å². The number of hydrogen-bond donors (Lipinski definition) is 1. The van der Waals surface area contributed by atoms with E-state index in [0.29, 0.717) is 5.16 Å². The van der Waals surface area contributed by atoms with Gasteiger partial charge in [0.15, 0.2) is 5.16 Å². The molecule has 0 spiro atoms. The summed E-state index contributed by atoms with van der Waals surface area (Å²) in [5, 5.41) is 9.35. The Bertz CT molecular complexity index is 543. The first-order valence-corrected chi connectivity index (χ1v) is 6.99. The number of aromatic nitrogens is 2. The van der Waals surface area contributed by atoms with Gasteiger partial charge in [-0.15, -0.1) is 0 Å². The number of benzene rings is 1. The van der Waals surface area contributed by atoms with Gasteiger partial charge in [0.1, 0.15) is 0 Å². The van der Waals surface area contributed by atoms with Crippen LogP contribution in [0.5, 0.6) is 0 Å². The summed E-state index contributed by atoms with van der Waals surface area (Å²) in [6.45, 7) is 0. The summed E-state index contributed by atoms with van der Waals surface area (Å²) < 4.78 is 0.994.